The third kappa shape index (κ3) is 3.21. The van der Waals surface area contributed by atoms with Crippen LogP contribution in [0.25, 0.3) is 12.2 Å². The molecule has 1 N–H and O–H groups in total. The van der Waals surface area contributed by atoms with Crippen LogP contribution < -0.4 is 0 Å². The predicted molar refractivity (Wildman–Crippen MR) is 70.6 cm³/mol. The molecule has 0 radical (unpaired) electrons. The molecule has 0 spiro atoms. The van der Waals surface area contributed by atoms with Crippen molar-refractivity contribution in [2.24, 2.45) is 0 Å². The normalized spacial score (nSPS) is 11.7. The quantitative estimate of drug-likeness (QED) is 0.845. The van der Waals surface area contributed by atoms with Crippen LogP contribution in [0, 0.1) is 0 Å². The Balaban J connectivity index is 2.02. The van der Waals surface area contributed by atoms with Gasteiger partial charge in [0.15, 0.2) is 0 Å². The fourth-order valence-corrected chi connectivity index (χ4v) is 2.43. The molecule has 0 saturated carbocycles. The number of rotatable bonds is 4. The zero-order chi connectivity index (χ0) is 11.4. The average molecular weight is 251 g/mol. The van der Waals surface area contributed by atoms with Crippen molar-refractivity contribution in [1.82, 2.24) is 15.2 Å². The highest BCUT2D eigenvalue weighted by Gasteiger charge is 2.03. The highest BCUT2D eigenvalue weighted by molar-refractivity contribution is 7.99. The van der Waals surface area contributed by atoms with E-state index in [9.17, 15) is 0 Å². The molecule has 2 aromatic rings. The van der Waals surface area contributed by atoms with Gasteiger partial charge < -0.3 is 0 Å². The first-order valence-corrected chi connectivity index (χ1v) is 6.80. The molecule has 0 unspecified atom stereocenters. The van der Waals surface area contributed by atoms with E-state index in [2.05, 4.69) is 40.5 Å². The molecule has 5 heteroatoms. The second-order valence-electron chi connectivity index (χ2n) is 3.52. The molecule has 0 aromatic carbocycles. The number of thioether (sulfide) groups is 1. The van der Waals surface area contributed by atoms with Gasteiger partial charge in [0, 0.05) is 10.1 Å². The van der Waals surface area contributed by atoms with Crippen molar-refractivity contribution in [3.63, 3.8) is 0 Å². The monoisotopic (exact) mass is 251 g/mol. The van der Waals surface area contributed by atoms with E-state index < -0.39 is 0 Å². The Morgan fingerprint density at radius 3 is 3.00 bits per heavy atom. The van der Waals surface area contributed by atoms with Gasteiger partial charge in [-0.2, -0.15) is 0 Å². The Bertz CT molecular complexity index is 457. The van der Waals surface area contributed by atoms with Gasteiger partial charge in [-0.05, 0) is 23.6 Å². The lowest BCUT2D eigenvalue weighted by atomic mass is 10.4. The van der Waals surface area contributed by atoms with Gasteiger partial charge in [0.2, 0.25) is 5.16 Å². The van der Waals surface area contributed by atoms with Crippen molar-refractivity contribution in [2.75, 3.05) is 0 Å². The molecule has 0 saturated heterocycles. The van der Waals surface area contributed by atoms with E-state index in [0.29, 0.717) is 5.25 Å². The largest absolute Gasteiger partial charge is 0.259 e. The Morgan fingerprint density at radius 1 is 1.44 bits per heavy atom. The number of thiophene rings is 1. The Kier molecular flexibility index (Phi) is 3.79. The van der Waals surface area contributed by atoms with Crippen LogP contribution in [0.4, 0.5) is 0 Å². The lowest BCUT2D eigenvalue weighted by Crippen LogP contribution is -1.86. The first-order chi connectivity index (χ1) is 7.74. The van der Waals surface area contributed by atoms with Crippen LogP contribution in [0.3, 0.4) is 0 Å². The van der Waals surface area contributed by atoms with E-state index in [1.807, 2.05) is 18.2 Å². The summed E-state index contributed by atoms with van der Waals surface area (Å²) in [5.74, 6) is 0.802. The smallest absolute Gasteiger partial charge is 0.208 e. The van der Waals surface area contributed by atoms with Crippen molar-refractivity contribution in [3.05, 3.63) is 28.2 Å². The number of H-pyrrole nitrogens is 1. The molecule has 2 rings (SSSR count). The van der Waals surface area contributed by atoms with E-state index in [0.717, 1.165) is 11.0 Å². The summed E-state index contributed by atoms with van der Waals surface area (Å²) in [4.78, 5) is 5.58. The second kappa shape index (κ2) is 5.32. The molecule has 0 aliphatic heterocycles. The molecule has 0 aliphatic rings. The van der Waals surface area contributed by atoms with Crippen LogP contribution in [0.2, 0.25) is 0 Å². The summed E-state index contributed by atoms with van der Waals surface area (Å²) in [5, 5.41) is 10.4. The van der Waals surface area contributed by atoms with Gasteiger partial charge >= 0.3 is 0 Å². The maximum absolute atomic E-state index is 4.36. The molecular formula is C11H13N3S2. The lowest BCUT2D eigenvalue weighted by molar-refractivity contribution is 0.961. The summed E-state index contributed by atoms with van der Waals surface area (Å²) < 4.78 is 0. The topological polar surface area (TPSA) is 41.6 Å². The summed E-state index contributed by atoms with van der Waals surface area (Å²) in [6.07, 6.45) is 3.98. The molecule has 2 heterocycles. The maximum atomic E-state index is 4.36. The molecule has 2 aromatic heterocycles. The van der Waals surface area contributed by atoms with Crippen molar-refractivity contribution < 1.29 is 0 Å². The molecule has 84 valence electrons. The van der Waals surface area contributed by atoms with Crippen LogP contribution >= 0.6 is 23.1 Å². The highest BCUT2D eigenvalue weighted by atomic mass is 32.2. The Labute approximate surface area is 103 Å². The van der Waals surface area contributed by atoms with Crippen LogP contribution in [-0.2, 0) is 0 Å². The number of nitrogens with zero attached hydrogens (tertiary/aromatic N) is 2. The number of hydrogen-bond donors (Lipinski definition) is 1. The zero-order valence-corrected chi connectivity index (χ0v) is 10.8. The van der Waals surface area contributed by atoms with Crippen molar-refractivity contribution in [1.29, 1.82) is 0 Å². The van der Waals surface area contributed by atoms with Crippen LogP contribution in [0.1, 0.15) is 24.5 Å². The fraction of sp³-hybridized carbons (Fsp3) is 0.273. The number of aromatic amines is 1. The summed E-state index contributed by atoms with van der Waals surface area (Å²) in [7, 11) is 0. The standard InChI is InChI=1S/C11H13N3S2/c1-8(2)16-11-12-10(13-14-11)6-5-9-4-3-7-15-9/h3-8H,1-2H3,(H,12,13,14). The average Bonchev–Trinajstić information content (AvgIpc) is 2.84. The first-order valence-electron chi connectivity index (χ1n) is 5.04. The predicted octanol–water partition coefficient (Wildman–Crippen LogP) is 3.54. The minimum absolute atomic E-state index is 0.505. The lowest BCUT2D eigenvalue weighted by Gasteiger charge is -1.96. The van der Waals surface area contributed by atoms with E-state index in [1.165, 1.54) is 4.88 Å². The Hall–Kier alpha value is -1.07. The van der Waals surface area contributed by atoms with Gasteiger partial charge in [0.25, 0.3) is 0 Å². The molecule has 16 heavy (non-hydrogen) atoms. The van der Waals surface area contributed by atoms with Crippen LogP contribution in [0.5, 0.6) is 0 Å². The molecule has 3 nitrogen and oxygen atoms in total. The van der Waals surface area contributed by atoms with Gasteiger partial charge in [-0.25, -0.2) is 4.98 Å². The zero-order valence-electron chi connectivity index (χ0n) is 9.18. The van der Waals surface area contributed by atoms with E-state index >= 15 is 0 Å². The van der Waals surface area contributed by atoms with Gasteiger partial charge in [0.05, 0.1) is 0 Å². The fourth-order valence-electron chi connectivity index (χ4n) is 1.14. The third-order valence-corrected chi connectivity index (χ3v) is 3.47. The van der Waals surface area contributed by atoms with Gasteiger partial charge in [-0.1, -0.05) is 31.7 Å². The molecule has 0 fully saturated rings. The SMILES string of the molecule is CC(C)Sc1n[nH]c(C=Cc2cccs2)n1. The first kappa shape index (κ1) is 11.4. The van der Waals surface area contributed by atoms with Crippen LogP contribution in [-0.4, -0.2) is 20.4 Å². The van der Waals surface area contributed by atoms with E-state index in [4.69, 9.17) is 0 Å². The number of nitrogens with one attached hydrogen (secondary N) is 1. The molecule has 0 aliphatic carbocycles. The highest BCUT2D eigenvalue weighted by Crippen LogP contribution is 2.18. The minimum Gasteiger partial charge on any atom is -0.259 e. The molecule has 0 amide bonds. The summed E-state index contributed by atoms with van der Waals surface area (Å²) in [6, 6.07) is 4.10. The van der Waals surface area contributed by atoms with Gasteiger partial charge in [-0.3, -0.25) is 5.10 Å². The van der Waals surface area contributed by atoms with E-state index in [1.54, 1.807) is 23.1 Å². The van der Waals surface area contributed by atoms with Gasteiger partial charge in [-0.15, -0.1) is 16.4 Å². The summed E-state index contributed by atoms with van der Waals surface area (Å²) in [6.45, 7) is 4.25. The van der Waals surface area contributed by atoms with E-state index in [-0.39, 0.29) is 0 Å². The third-order valence-electron chi connectivity index (χ3n) is 1.77. The van der Waals surface area contributed by atoms with Crippen molar-refractivity contribution in [2.45, 2.75) is 24.3 Å². The number of aromatic nitrogens is 3. The van der Waals surface area contributed by atoms with Crippen LogP contribution in [0.15, 0.2) is 22.7 Å². The number of hydrogen-bond acceptors (Lipinski definition) is 4. The minimum atomic E-state index is 0.505. The van der Waals surface area contributed by atoms with Gasteiger partial charge in [0.1, 0.15) is 5.82 Å². The molecule has 0 bridgehead atoms. The van der Waals surface area contributed by atoms with Crippen molar-refractivity contribution in [3.8, 4) is 0 Å². The Morgan fingerprint density at radius 2 is 2.31 bits per heavy atom. The van der Waals surface area contributed by atoms with Crippen molar-refractivity contribution >= 4 is 35.3 Å². The molecule has 0 atom stereocenters. The molecular weight excluding hydrogens is 238 g/mol. The summed E-state index contributed by atoms with van der Waals surface area (Å²) >= 11 is 3.36. The maximum Gasteiger partial charge on any atom is 0.208 e. The summed E-state index contributed by atoms with van der Waals surface area (Å²) in [5.41, 5.74) is 0. The second-order valence-corrected chi connectivity index (χ2v) is 6.04.